The van der Waals surface area contributed by atoms with Gasteiger partial charge in [-0.15, -0.1) is 0 Å². The molecule has 0 heterocycles. The third-order valence-electron chi connectivity index (χ3n) is 3.12. The summed E-state index contributed by atoms with van der Waals surface area (Å²) in [7, 11) is -3.20. The van der Waals surface area contributed by atoms with E-state index in [4.69, 9.17) is 0 Å². The molecule has 1 saturated carbocycles. The second kappa shape index (κ2) is 6.24. The summed E-state index contributed by atoms with van der Waals surface area (Å²) in [6.07, 6.45) is 3.03. The maximum Gasteiger partial charge on any atom is 0.252 e. The zero-order valence-electron chi connectivity index (χ0n) is 11.2. The Morgan fingerprint density at radius 3 is 2.60 bits per heavy atom. The van der Waals surface area contributed by atoms with Crippen molar-refractivity contribution in [2.24, 2.45) is 0 Å². The first-order valence-electron chi connectivity index (χ1n) is 6.39. The molecule has 0 saturated heterocycles. The van der Waals surface area contributed by atoms with E-state index >= 15 is 0 Å². The second-order valence-corrected chi connectivity index (χ2v) is 7.63. The van der Waals surface area contributed by atoms with Crippen molar-refractivity contribution in [1.29, 1.82) is 0 Å². The van der Waals surface area contributed by atoms with Gasteiger partial charge in [-0.25, -0.2) is 8.42 Å². The fraction of sp³-hybridized carbons (Fsp3) is 0.462. The average molecular weight is 361 g/mol. The Labute approximate surface area is 127 Å². The number of amides is 1. The fourth-order valence-corrected chi connectivity index (χ4v) is 3.64. The summed E-state index contributed by atoms with van der Waals surface area (Å²) in [4.78, 5) is 12.0. The first-order chi connectivity index (χ1) is 9.39. The van der Waals surface area contributed by atoms with Crippen LogP contribution >= 0.6 is 15.9 Å². The highest BCUT2D eigenvalue weighted by atomic mass is 79.9. The van der Waals surface area contributed by atoms with Gasteiger partial charge < -0.3 is 5.32 Å². The van der Waals surface area contributed by atoms with Gasteiger partial charge in [-0.1, -0.05) is 12.1 Å². The predicted octanol–water partition coefficient (Wildman–Crippen LogP) is 1.60. The zero-order valence-corrected chi connectivity index (χ0v) is 13.6. The maximum atomic E-state index is 12.0. The van der Waals surface area contributed by atoms with E-state index in [0.717, 1.165) is 17.3 Å². The number of halogens is 1. The Morgan fingerprint density at radius 1 is 1.40 bits per heavy atom. The van der Waals surface area contributed by atoms with Crippen LogP contribution in [-0.2, 0) is 10.0 Å². The molecule has 0 radical (unpaired) electrons. The van der Waals surface area contributed by atoms with Crippen LogP contribution < -0.4 is 5.32 Å². The van der Waals surface area contributed by atoms with Gasteiger partial charge >= 0.3 is 0 Å². The minimum Gasteiger partial charge on any atom is -0.351 e. The topological polar surface area (TPSA) is 66.5 Å². The zero-order chi connectivity index (χ0) is 14.8. The van der Waals surface area contributed by atoms with Crippen LogP contribution in [0.25, 0.3) is 0 Å². The molecule has 0 bridgehead atoms. The van der Waals surface area contributed by atoms with E-state index in [-0.39, 0.29) is 11.9 Å². The molecule has 2 rings (SSSR count). The van der Waals surface area contributed by atoms with Gasteiger partial charge in [0.05, 0.1) is 11.8 Å². The standard InChI is InChI=1S/C13H17BrN2O3S/c1-20(18,19)16(10-6-7-10)9-8-15-13(17)11-4-2-3-5-12(11)14/h2-5,10H,6-9H2,1H3,(H,15,17). The third kappa shape index (κ3) is 4.04. The number of hydrogen-bond acceptors (Lipinski definition) is 3. The van der Waals surface area contributed by atoms with Crippen LogP contribution in [0.2, 0.25) is 0 Å². The highest BCUT2D eigenvalue weighted by Gasteiger charge is 2.34. The summed E-state index contributed by atoms with van der Waals surface area (Å²) < 4.78 is 25.4. The van der Waals surface area contributed by atoms with Crippen LogP contribution in [0.4, 0.5) is 0 Å². The molecule has 1 N–H and O–H groups in total. The van der Waals surface area contributed by atoms with E-state index in [2.05, 4.69) is 21.2 Å². The molecular weight excluding hydrogens is 344 g/mol. The van der Waals surface area contributed by atoms with Crippen molar-refractivity contribution >= 4 is 31.9 Å². The highest BCUT2D eigenvalue weighted by molar-refractivity contribution is 9.10. The quantitative estimate of drug-likeness (QED) is 0.837. The largest absolute Gasteiger partial charge is 0.351 e. The van der Waals surface area contributed by atoms with E-state index in [9.17, 15) is 13.2 Å². The number of sulfonamides is 1. The highest BCUT2D eigenvalue weighted by Crippen LogP contribution is 2.28. The molecule has 0 spiro atoms. The monoisotopic (exact) mass is 360 g/mol. The van der Waals surface area contributed by atoms with Gasteiger partial charge in [0.2, 0.25) is 10.0 Å². The van der Waals surface area contributed by atoms with Crippen LogP contribution in [0.5, 0.6) is 0 Å². The molecule has 5 nitrogen and oxygen atoms in total. The van der Waals surface area contributed by atoms with Crippen LogP contribution in [0.15, 0.2) is 28.7 Å². The van der Waals surface area contributed by atoms with Crippen molar-refractivity contribution in [2.45, 2.75) is 18.9 Å². The summed E-state index contributed by atoms with van der Waals surface area (Å²) in [5, 5.41) is 2.75. The number of rotatable bonds is 6. The van der Waals surface area contributed by atoms with E-state index < -0.39 is 10.0 Å². The Kier molecular flexibility index (Phi) is 4.82. The molecule has 0 aromatic heterocycles. The maximum absolute atomic E-state index is 12.0. The number of hydrogen-bond donors (Lipinski definition) is 1. The van der Waals surface area contributed by atoms with E-state index in [0.29, 0.717) is 18.7 Å². The molecule has 7 heteroatoms. The lowest BCUT2D eigenvalue weighted by molar-refractivity contribution is 0.0950. The fourth-order valence-electron chi connectivity index (χ4n) is 2.00. The summed E-state index contributed by atoms with van der Waals surface area (Å²) in [6.45, 7) is 0.628. The third-order valence-corrected chi connectivity index (χ3v) is 5.14. The molecule has 20 heavy (non-hydrogen) atoms. The molecule has 1 amide bonds. The molecule has 0 atom stereocenters. The minimum atomic E-state index is -3.20. The van der Waals surface area contributed by atoms with Crippen LogP contribution in [0.3, 0.4) is 0 Å². The number of carbonyl (C=O) groups excluding carboxylic acids is 1. The van der Waals surface area contributed by atoms with Crippen molar-refractivity contribution in [3.8, 4) is 0 Å². The summed E-state index contributed by atoms with van der Waals surface area (Å²) in [6, 6.07) is 7.24. The molecule has 1 aromatic carbocycles. The molecule has 1 aromatic rings. The Hall–Kier alpha value is -0.920. The van der Waals surface area contributed by atoms with Crippen molar-refractivity contribution in [1.82, 2.24) is 9.62 Å². The van der Waals surface area contributed by atoms with Gasteiger partial charge in [-0.05, 0) is 40.9 Å². The Balaban J connectivity index is 1.89. The average Bonchev–Trinajstić information content (AvgIpc) is 3.17. The van der Waals surface area contributed by atoms with Gasteiger partial charge in [0.1, 0.15) is 0 Å². The van der Waals surface area contributed by atoms with Gasteiger partial charge in [0, 0.05) is 23.6 Å². The number of benzene rings is 1. The predicted molar refractivity (Wildman–Crippen MR) is 81.0 cm³/mol. The van der Waals surface area contributed by atoms with E-state index in [1.807, 2.05) is 6.07 Å². The molecule has 1 fully saturated rings. The molecule has 0 aliphatic heterocycles. The van der Waals surface area contributed by atoms with Gasteiger partial charge in [-0.2, -0.15) is 4.31 Å². The van der Waals surface area contributed by atoms with E-state index in [1.54, 1.807) is 18.2 Å². The van der Waals surface area contributed by atoms with Crippen molar-refractivity contribution in [3.63, 3.8) is 0 Å². The second-order valence-electron chi connectivity index (χ2n) is 4.84. The summed E-state index contributed by atoms with van der Waals surface area (Å²) in [5.74, 6) is -0.207. The van der Waals surface area contributed by atoms with Crippen LogP contribution in [0, 0.1) is 0 Å². The van der Waals surface area contributed by atoms with Crippen LogP contribution in [-0.4, -0.2) is 44.0 Å². The molecular formula is C13H17BrN2O3S. The molecule has 0 unspecified atom stereocenters. The molecule has 1 aliphatic carbocycles. The lowest BCUT2D eigenvalue weighted by Gasteiger charge is -2.19. The SMILES string of the molecule is CS(=O)(=O)N(CCNC(=O)c1ccccc1Br)C1CC1. The normalized spacial score (nSPS) is 15.3. The van der Waals surface area contributed by atoms with Crippen molar-refractivity contribution in [2.75, 3.05) is 19.3 Å². The van der Waals surface area contributed by atoms with Gasteiger partial charge in [0.25, 0.3) is 5.91 Å². The minimum absolute atomic E-state index is 0.116. The molecule has 1 aliphatic rings. The van der Waals surface area contributed by atoms with Gasteiger partial charge in [0.15, 0.2) is 0 Å². The lowest BCUT2D eigenvalue weighted by atomic mass is 10.2. The van der Waals surface area contributed by atoms with Crippen LogP contribution in [0.1, 0.15) is 23.2 Å². The number of carbonyl (C=O) groups is 1. The summed E-state index contributed by atoms with van der Waals surface area (Å²) in [5.41, 5.74) is 0.546. The first kappa shape index (κ1) is 15.5. The first-order valence-corrected chi connectivity index (χ1v) is 9.03. The van der Waals surface area contributed by atoms with E-state index in [1.165, 1.54) is 10.6 Å². The van der Waals surface area contributed by atoms with Crippen molar-refractivity contribution < 1.29 is 13.2 Å². The number of nitrogens with one attached hydrogen (secondary N) is 1. The Morgan fingerprint density at radius 2 is 2.05 bits per heavy atom. The number of nitrogens with zero attached hydrogens (tertiary/aromatic N) is 1. The summed E-state index contributed by atoms with van der Waals surface area (Å²) >= 11 is 3.32. The molecule has 110 valence electrons. The van der Waals surface area contributed by atoms with Crippen molar-refractivity contribution in [3.05, 3.63) is 34.3 Å². The van der Waals surface area contributed by atoms with Gasteiger partial charge in [-0.3, -0.25) is 4.79 Å². The smallest absolute Gasteiger partial charge is 0.252 e. The Bertz CT molecular complexity index is 599. The lowest BCUT2D eigenvalue weighted by Crippen LogP contribution is -2.39.